The molecule has 0 fully saturated rings. The molecule has 0 bridgehead atoms. The minimum absolute atomic E-state index is 0.0507. The fraction of sp³-hybridized carbons (Fsp3) is 0.227. The first kappa shape index (κ1) is 22.4. The van der Waals surface area contributed by atoms with E-state index in [-0.39, 0.29) is 22.6 Å². The second kappa shape index (κ2) is 10.7. The number of hydrogen-bond donors (Lipinski definition) is 0. The molecule has 0 radical (unpaired) electrons. The lowest BCUT2D eigenvalue weighted by Gasteiger charge is -2.18. The number of benzene rings is 1. The summed E-state index contributed by atoms with van der Waals surface area (Å²) in [5.74, 6) is -0.257. The van der Waals surface area contributed by atoms with Gasteiger partial charge in [-0.15, -0.1) is 0 Å². The molecule has 0 spiro atoms. The van der Waals surface area contributed by atoms with Crippen molar-refractivity contribution >= 4 is 11.6 Å². The van der Waals surface area contributed by atoms with Crippen molar-refractivity contribution in [1.82, 2.24) is 24.5 Å². The first-order valence-corrected chi connectivity index (χ1v) is 10.5. The van der Waals surface area contributed by atoms with E-state index in [1.165, 1.54) is 36.5 Å². The smallest absolute Gasteiger partial charge is 0.345 e. The predicted molar refractivity (Wildman–Crippen MR) is 118 cm³/mol. The highest BCUT2D eigenvalue weighted by Gasteiger charge is 2.26. The molecule has 186 valence electrons. The van der Waals surface area contributed by atoms with E-state index in [0.717, 1.165) is 23.4 Å². The molecular weight excluding hydrogens is 506 g/mol. The third-order valence-corrected chi connectivity index (χ3v) is 5.32. The average Bonchev–Trinajstić information content (AvgIpc) is 3.52. The van der Waals surface area contributed by atoms with E-state index >= 15 is 0 Å². The predicted octanol–water partition coefficient (Wildman–Crippen LogP) is 4.58. The number of hydrogen-bond acceptors (Lipinski definition) is 6. The first-order valence-electron chi connectivity index (χ1n) is 11.1. The van der Waals surface area contributed by atoms with E-state index in [4.69, 9.17) is 14.3 Å². The second-order valence-electron chi connectivity index (χ2n) is 7.23. The molecule has 4 rings (SSSR count). The highest BCUT2D eigenvalue weighted by Crippen LogP contribution is 2.29. The van der Waals surface area contributed by atoms with E-state index < -0.39 is 32.2 Å². The summed E-state index contributed by atoms with van der Waals surface area (Å²) >= 11 is 6.03. The molecule has 0 unspecified atom stereocenters. The van der Waals surface area contributed by atoms with Crippen LogP contribution in [0.1, 0.15) is 33.0 Å². The zero-order valence-electron chi connectivity index (χ0n) is 20.0. The van der Waals surface area contributed by atoms with Crippen molar-refractivity contribution in [2.75, 3.05) is 6.56 Å². The van der Waals surface area contributed by atoms with Crippen LogP contribution < -0.4 is 4.73 Å². The fourth-order valence-corrected chi connectivity index (χ4v) is 3.68. The minimum atomic E-state index is -3.45. The number of alkyl halides is 4. The molecule has 0 aliphatic rings. The summed E-state index contributed by atoms with van der Waals surface area (Å²) in [6.45, 7) is -9.38. The third-order valence-electron chi connectivity index (χ3n) is 5.09. The van der Waals surface area contributed by atoms with Crippen LogP contribution in [-0.4, -0.2) is 37.7 Å². The Labute approximate surface area is 209 Å². The summed E-state index contributed by atoms with van der Waals surface area (Å²) in [5.41, 5.74) is 0.812. The highest BCUT2D eigenvalue weighted by atomic mass is 35.5. The molecular formula is C22H16ClF4N7O2. The lowest BCUT2D eigenvalue weighted by Crippen LogP contribution is -2.36. The molecule has 3 aromatic heterocycles. The van der Waals surface area contributed by atoms with Gasteiger partial charge in [-0.2, -0.15) is 42.4 Å². The maximum Gasteiger partial charge on any atom is 0.345 e. The molecule has 0 aliphatic carbocycles. The maximum atomic E-state index is 13.3. The Hall–Kier alpha value is -4.02. The van der Waals surface area contributed by atoms with Gasteiger partial charge in [-0.3, -0.25) is 4.68 Å². The van der Waals surface area contributed by atoms with E-state index in [1.54, 1.807) is 0 Å². The van der Waals surface area contributed by atoms with Gasteiger partial charge in [-0.05, 0) is 24.3 Å². The number of pyridine rings is 1. The Morgan fingerprint density at radius 2 is 2.00 bits per heavy atom. The molecule has 1 atom stereocenters. The number of nitriles is 1. The monoisotopic (exact) mass is 523 g/mol. The SMILES string of the molecule is [2H]C([2H])(C[C@@H](c1ccc(-c2cc(Cl)ccc2C#N)c[n+]1[O-])n1cc(-c2ncnn2C(F)F)cn1)OC(F)F. The van der Waals surface area contributed by atoms with Gasteiger partial charge in [0.05, 0.1) is 32.7 Å². The summed E-state index contributed by atoms with van der Waals surface area (Å²) in [6.07, 6.45) is 3.54. The maximum absolute atomic E-state index is 13.3. The van der Waals surface area contributed by atoms with Gasteiger partial charge in [-0.1, -0.05) is 11.6 Å². The quantitative estimate of drug-likeness (QED) is 0.180. The average molecular weight is 524 g/mol. The molecule has 9 nitrogen and oxygen atoms in total. The summed E-state index contributed by atoms with van der Waals surface area (Å²) in [5, 5.41) is 30.3. The Morgan fingerprint density at radius 3 is 2.69 bits per heavy atom. The molecule has 0 aliphatic heterocycles. The van der Waals surface area contributed by atoms with Gasteiger partial charge in [0.2, 0.25) is 5.69 Å². The summed E-state index contributed by atoms with van der Waals surface area (Å²) in [4.78, 5) is 3.77. The number of aromatic nitrogens is 6. The van der Waals surface area contributed by atoms with E-state index in [1.807, 2.05) is 6.07 Å². The molecule has 14 heteroatoms. The van der Waals surface area contributed by atoms with Gasteiger partial charge in [0.1, 0.15) is 12.4 Å². The number of nitrogens with zero attached hydrogens (tertiary/aromatic N) is 7. The topological polar surface area (TPSA) is 108 Å². The Bertz CT molecular complexity index is 1490. The molecule has 0 saturated carbocycles. The van der Waals surface area contributed by atoms with E-state index in [2.05, 4.69) is 19.9 Å². The molecule has 1 aromatic carbocycles. The summed E-state index contributed by atoms with van der Waals surface area (Å²) < 4.78 is 73.8. The standard InChI is InChI=1S/C22H16ClF4N7O2/c23-16-3-1-13(8-28)17(7-16)14-2-4-19(33(35)11-14)18(5-6-36-22(26)27)32-10-15(9-30-32)20-29-12-31-34(20)21(24)25/h1-4,7,9-12,18,21-22H,5-6H2/t18-/m0/s1/i6D2. The van der Waals surface area contributed by atoms with Crippen LogP contribution in [0.15, 0.2) is 55.2 Å². The molecule has 0 amide bonds. The fourth-order valence-electron chi connectivity index (χ4n) is 3.51. The number of rotatable bonds is 9. The lowest BCUT2D eigenvalue weighted by atomic mass is 10.0. The van der Waals surface area contributed by atoms with Crippen LogP contribution in [-0.2, 0) is 4.74 Å². The Kier molecular flexibility index (Phi) is 6.68. The van der Waals surface area contributed by atoms with Crippen molar-refractivity contribution in [2.24, 2.45) is 0 Å². The largest absolute Gasteiger partial charge is 0.618 e. The molecule has 0 N–H and O–H groups in total. The zero-order chi connectivity index (χ0) is 27.6. The van der Waals surface area contributed by atoms with Crippen LogP contribution in [0.2, 0.25) is 5.02 Å². The number of ether oxygens (including phenoxy) is 1. The van der Waals surface area contributed by atoms with Crippen molar-refractivity contribution in [3.05, 3.63) is 76.7 Å². The van der Waals surface area contributed by atoms with Crippen LogP contribution in [0.5, 0.6) is 0 Å². The highest BCUT2D eigenvalue weighted by molar-refractivity contribution is 6.30. The second-order valence-corrected chi connectivity index (χ2v) is 7.66. The van der Waals surface area contributed by atoms with Crippen LogP contribution in [0, 0.1) is 16.5 Å². The van der Waals surface area contributed by atoms with E-state index in [9.17, 15) is 28.0 Å². The van der Waals surface area contributed by atoms with Crippen LogP contribution in [0.25, 0.3) is 22.5 Å². The summed E-state index contributed by atoms with van der Waals surface area (Å²) in [7, 11) is 0. The Balaban J connectivity index is 1.78. The van der Waals surface area contributed by atoms with Crippen LogP contribution in [0.4, 0.5) is 17.6 Å². The van der Waals surface area contributed by atoms with Crippen LogP contribution >= 0.6 is 11.6 Å². The minimum Gasteiger partial charge on any atom is -0.618 e. The lowest BCUT2D eigenvalue weighted by molar-refractivity contribution is -0.615. The van der Waals surface area contributed by atoms with Crippen molar-refractivity contribution in [2.45, 2.75) is 25.6 Å². The Morgan fingerprint density at radius 1 is 1.19 bits per heavy atom. The van der Waals surface area contributed by atoms with Crippen LogP contribution in [0.3, 0.4) is 0 Å². The zero-order valence-corrected chi connectivity index (χ0v) is 18.7. The van der Waals surface area contributed by atoms with Crippen molar-refractivity contribution < 1.29 is 29.8 Å². The number of halogens is 5. The molecule has 4 aromatic rings. The van der Waals surface area contributed by atoms with E-state index in [0.29, 0.717) is 25.6 Å². The van der Waals surface area contributed by atoms with Gasteiger partial charge in [0.25, 0.3) is 0 Å². The van der Waals surface area contributed by atoms with Crippen molar-refractivity contribution in [3.8, 4) is 28.6 Å². The van der Waals surface area contributed by atoms with Gasteiger partial charge >= 0.3 is 13.2 Å². The van der Waals surface area contributed by atoms with Gasteiger partial charge < -0.3 is 9.94 Å². The molecule has 3 heterocycles. The molecule has 0 saturated heterocycles. The first-order chi connectivity index (χ1) is 18.0. The van der Waals surface area contributed by atoms with Gasteiger partial charge in [-0.25, -0.2) is 4.98 Å². The molecule has 36 heavy (non-hydrogen) atoms. The van der Waals surface area contributed by atoms with Crippen molar-refractivity contribution in [1.29, 1.82) is 5.26 Å². The van der Waals surface area contributed by atoms with Crippen molar-refractivity contribution in [3.63, 3.8) is 0 Å². The van der Waals surface area contributed by atoms with Gasteiger partial charge in [0.15, 0.2) is 12.0 Å². The van der Waals surface area contributed by atoms with Gasteiger partial charge in [0, 0.05) is 34.8 Å². The summed E-state index contributed by atoms with van der Waals surface area (Å²) in [6, 6.07) is 7.90. The normalized spacial score (nSPS) is 13.5. The third kappa shape index (κ3) is 5.29.